The second-order valence-electron chi connectivity index (χ2n) is 6.94. The van der Waals surface area contributed by atoms with Gasteiger partial charge >= 0.3 is 0 Å². The Morgan fingerprint density at radius 2 is 1.93 bits per heavy atom. The summed E-state index contributed by atoms with van der Waals surface area (Å²) in [4.78, 5) is 13.0. The van der Waals surface area contributed by atoms with Crippen molar-refractivity contribution in [3.8, 4) is 11.5 Å². The number of amides is 1. The molecule has 3 rings (SSSR count). The minimum Gasteiger partial charge on any atom is -0.493 e. The van der Waals surface area contributed by atoms with Gasteiger partial charge < -0.3 is 14.8 Å². The van der Waals surface area contributed by atoms with Gasteiger partial charge in [-0.15, -0.1) is 0 Å². The van der Waals surface area contributed by atoms with Crippen LogP contribution in [0.3, 0.4) is 0 Å². The number of carbonyl (C=O) groups excluding carboxylic acids is 1. The Hall–Kier alpha value is -2.29. The van der Waals surface area contributed by atoms with Crippen LogP contribution in [-0.4, -0.2) is 45.4 Å². The number of methoxy groups -OCH3 is 1. The van der Waals surface area contributed by atoms with Crippen LogP contribution in [0.25, 0.3) is 0 Å². The fourth-order valence-corrected chi connectivity index (χ4v) is 5.04. The van der Waals surface area contributed by atoms with Crippen molar-refractivity contribution < 1.29 is 22.7 Å². The lowest BCUT2D eigenvalue weighted by molar-refractivity contribution is -0.120. The zero-order valence-electron chi connectivity index (χ0n) is 16.9. The summed E-state index contributed by atoms with van der Waals surface area (Å²) in [7, 11) is -2.15. The van der Waals surface area contributed by atoms with Gasteiger partial charge in [-0.05, 0) is 56.2 Å². The highest BCUT2D eigenvalue weighted by Crippen LogP contribution is 2.31. The summed E-state index contributed by atoms with van der Waals surface area (Å²) < 4.78 is 38.0. The van der Waals surface area contributed by atoms with E-state index in [-0.39, 0.29) is 17.3 Å². The molecule has 1 fully saturated rings. The zero-order chi connectivity index (χ0) is 21.7. The Morgan fingerprint density at radius 3 is 2.60 bits per heavy atom. The van der Waals surface area contributed by atoms with Crippen LogP contribution in [0.5, 0.6) is 11.5 Å². The Morgan fingerprint density at radius 1 is 1.20 bits per heavy atom. The lowest BCUT2D eigenvalue weighted by Crippen LogP contribution is -2.43. The summed E-state index contributed by atoms with van der Waals surface area (Å²) in [6.45, 7) is 2.89. The molecule has 162 valence electrons. The van der Waals surface area contributed by atoms with Crippen LogP contribution in [0.4, 0.5) is 5.69 Å². The number of anilines is 1. The first-order valence-electron chi connectivity index (χ1n) is 9.72. The van der Waals surface area contributed by atoms with Crippen molar-refractivity contribution in [1.82, 2.24) is 4.31 Å². The average molecular weight is 453 g/mol. The maximum atomic E-state index is 12.9. The highest BCUT2D eigenvalue weighted by atomic mass is 35.5. The van der Waals surface area contributed by atoms with Crippen LogP contribution in [0.1, 0.15) is 19.8 Å². The molecule has 1 unspecified atom stereocenters. The van der Waals surface area contributed by atoms with Crippen LogP contribution in [0.2, 0.25) is 5.02 Å². The second-order valence-corrected chi connectivity index (χ2v) is 9.32. The summed E-state index contributed by atoms with van der Waals surface area (Å²) in [5, 5.41) is 3.33. The van der Waals surface area contributed by atoms with E-state index in [0.29, 0.717) is 48.2 Å². The Labute approximate surface area is 182 Å². The summed E-state index contributed by atoms with van der Waals surface area (Å²) >= 11 is 5.86. The maximum Gasteiger partial charge on any atom is 0.243 e. The molecule has 9 heteroatoms. The molecule has 0 aromatic heterocycles. The minimum absolute atomic E-state index is 0.130. The summed E-state index contributed by atoms with van der Waals surface area (Å²) in [6.07, 6.45) is 1.23. The first-order valence-corrected chi connectivity index (χ1v) is 11.5. The lowest BCUT2D eigenvalue weighted by Gasteiger charge is -2.31. The molecule has 1 heterocycles. The molecule has 1 N–H and O–H groups in total. The molecule has 0 saturated carbocycles. The largest absolute Gasteiger partial charge is 0.493 e. The molecule has 1 saturated heterocycles. The number of ether oxygens (including phenoxy) is 2. The SMILES string of the molecule is CCOc1ccc(NC(=O)C2CCCN(S(=O)(=O)c3ccc(Cl)cc3)C2)cc1OC. The van der Waals surface area contributed by atoms with Crippen molar-refractivity contribution >= 4 is 33.2 Å². The number of halogens is 1. The highest BCUT2D eigenvalue weighted by Gasteiger charge is 2.33. The van der Waals surface area contributed by atoms with Gasteiger partial charge in [0, 0.05) is 29.9 Å². The fourth-order valence-electron chi connectivity index (χ4n) is 3.39. The normalized spacial score (nSPS) is 17.4. The second kappa shape index (κ2) is 9.68. The molecule has 1 atom stereocenters. The molecule has 7 nitrogen and oxygen atoms in total. The van der Waals surface area contributed by atoms with Gasteiger partial charge in [0.25, 0.3) is 0 Å². The van der Waals surface area contributed by atoms with Crippen molar-refractivity contribution in [3.05, 3.63) is 47.5 Å². The predicted molar refractivity (Wildman–Crippen MR) is 116 cm³/mol. The van der Waals surface area contributed by atoms with Crippen LogP contribution in [0.15, 0.2) is 47.4 Å². The number of rotatable bonds is 7. The van der Waals surface area contributed by atoms with Gasteiger partial charge in [0.05, 0.1) is 24.5 Å². The van der Waals surface area contributed by atoms with E-state index in [2.05, 4.69) is 5.32 Å². The van der Waals surface area contributed by atoms with Crippen LogP contribution >= 0.6 is 11.6 Å². The summed E-state index contributed by atoms with van der Waals surface area (Å²) in [5.74, 6) is 0.441. The Kier molecular flexibility index (Phi) is 7.23. The van der Waals surface area contributed by atoms with E-state index in [4.69, 9.17) is 21.1 Å². The monoisotopic (exact) mass is 452 g/mol. The smallest absolute Gasteiger partial charge is 0.243 e. The van der Waals surface area contributed by atoms with Crippen molar-refractivity contribution in [2.75, 3.05) is 32.1 Å². The molecule has 30 heavy (non-hydrogen) atoms. The molecule has 1 amide bonds. The topological polar surface area (TPSA) is 84.9 Å². The third-order valence-corrected chi connectivity index (χ3v) is 7.07. The van der Waals surface area contributed by atoms with E-state index >= 15 is 0 Å². The van der Waals surface area contributed by atoms with Gasteiger partial charge in [0.15, 0.2) is 11.5 Å². The van der Waals surface area contributed by atoms with Crippen molar-refractivity contribution in [3.63, 3.8) is 0 Å². The van der Waals surface area contributed by atoms with Crippen LogP contribution in [-0.2, 0) is 14.8 Å². The lowest BCUT2D eigenvalue weighted by atomic mass is 9.98. The van der Waals surface area contributed by atoms with E-state index in [1.807, 2.05) is 6.92 Å². The Bertz CT molecular complexity index is 995. The third-order valence-electron chi connectivity index (χ3n) is 4.94. The molecule has 2 aromatic carbocycles. The maximum absolute atomic E-state index is 12.9. The van der Waals surface area contributed by atoms with Gasteiger partial charge in [0.2, 0.25) is 15.9 Å². The minimum atomic E-state index is -3.68. The molecule has 1 aliphatic rings. The van der Waals surface area contributed by atoms with E-state index in [1.54, 1.807) is 30.3 Å². The summed E-state index contributed by atoms with van der Waals surface area (Å²) in [5.41, 5.74) is 0.568. The van der Waals surface area contributed by atoms with Gasteiger partial charge in [-0.25, -0.2) is 8.42 Å². The first-order chi connectivity index (χ1) is 14.3. The number of piperidine rings is 1. The number of benzene rings is 2. The van der Waals surface area contributed by atoms with Crippen LogP contribution < -0.4 is 14.8 Å². The molecule has 1 aliphatic heterocycles. The Balaban J connectivity index is 1.70. The number of carbonyl (C=O) groups is 1. The molecule has 0 aliphatic carbocycles. The molecule has 2 aromatic rings. The highest BCUT2D eigenvalue weighted by molar-refractivity contribution is 7.89. The molecule has 0 bridgehead atoms. The fraction of sp³-hybridized carbons (Fsp3) is 0.381. The zero-order valence-corrected chi connectivity index (χ0v) is 18.5. The van der Waals surface area contributed by atoms with E-state index in [1.165, 1.54) is 23.5 Å². The molecular formula is C21H25ClN2O5S. The molecule has 0 spiro atoms. The van der Waals surface area contributed by atoms with E-state index in [9.17, 15) is 13.2 Å². The number of nitrogens with one attached hydrogen (secondary N) is 1. The van der Waals surface area contributed by atoms with E-state index in [0.717, 1.165) is 0 Å². The van der Waals surface area contributed by atoms with Gasteiger partial charge in [-0.1, -0.05) is 11.6 Å². The number of hydrogen-bond donors (Lipinski definition) is 1. The number of nitrogens with zero attached hydrogens (tertiary/aromatic N) is 1. The standard InChI is InChI=1S/C21H25ClN2O5S/c1-3-29-19-11-8-17(13-20(19)28-2)23-21(25)15-5-4-12-24(14-15)30(26,27)18-9-6-16(22)7-10-18/h6-11,13,15H,3-5,12,14H2,1-2H3,(H,23,25). The third kappa shape index (κ3) is 5.06. The quantitative estimate of drug-likeness (QED) is 0.690. The number of hydrogen-bond acceptors (Lipinski definition) is 5. The molecular weight excluding hydrogens is 428 g/mol. The first kappa shape index (κ1) is 22.4. The average Bonchev–Trinajstić information content (AvgIpc) is 2.75. The number of sulfonamides is 1. The van der Waals surface area contributed by atoms with Crippen molar-refractivity contribution in [1.29, 1.82) is 0 Å². The summed E-state index contributed by atoms with van der Waals surface area (Å²) in [6, 6.07) is 11.2. The van der Waals surface area contributed by atoms with Gasteiger partial charge in [-0.3, -0.25) is 4.79 Å². The molecule has 0 radical (unpaired) electrons. The predicted octanol–water partition coefficient (Wildman–Crippen LogP) is 3.79. The van der Waals surface area contributed by atoms with Gasteiger partial charge in [-0.2, -0.15) is 4.31 Å². The van der Waals surface area contributed by atoms with Crippen molar-refractivity contribution in [2.45, 2.75) is 24.7 Å². The van der Waals surface area contributed by atoms with Crippen molar-refractivity contribution in [2.24, 2.45) is 5.92 Å². The van der Waals surface area contributed by atoms with Crippen LogP contribution in [0, 0.1) is 5.92 Å². The van der Waals surface area contributed by atoms with E-state index < -0.39 is 15.9 Å². The van der Waals surface area contributed by atoms with Gasteiger partial charge in [0.1, 0.15) is 0 Å².